The van der Waals surface area contributed by atoms with Crippen LogP contribution < -0.4 is 10.2 Å². The van der Waals surface area contributed by atoms with Gasteiger partial charge in [-0.3, -0.25) is 0 Å². The van der Waals surface area contributed by atoms with Crippen molar-refractivity contribution in [1.29, 1.82) is 0 Å². The van der Waals surface area contributed by atoms with Crippen molar-refractivity contribution in [2.45, 2.75) is 46.1 Å². The minimum atomic E-state index is 0.754. The predicted molar refractivity (Wildman–Crippen MR) is 86.5 cm³/mol. The molecule has 0 atom stereocenters. The summed E-state index contributed by atoms with van der Waals surface area (Å²) in [6.45, 7) is 8.36. The van der Waals surface area contributed by atoms with Crippen molar-refractivity contribution in [2.75, 3.05) is 24.5 Å². The van der Waals surface area contributed by atoms with Crippen LogP contribution in [0.15, 0.2) is 12.1 Å². The van der Waals surface area contributed by atoms with Gasteiger partial charge < -0.3 is 10.2 Å². The van der Waals surface area contributed by atoms with E-state index in [2.05, 4.69) is 30.1 Å². The largest absolute Gasteiger partial charge is 0.356 e. The summed E-state index contributed by atoms with van der Waals surface area (Å²) >= 11 is 6.25. The van der Waals surface area contributed by atoms with Crippen molar-refractivity contribution >= 4 is 17.4 Å². The maximum absolute atomic E-state index is 6.25. The fourth-order valence-corrected chi connectivity index (χ4v) is 2.51. The molecule has 1 saturated carbocycles. The Labute approximate surface area is 127 Å². The maximum atomic E-state index is 6.25. The Morgan fingerprint density at radius 2 is 2.10 bits per heavy atom. The Morgan fingerprint density at radius 3 is 2.75 bits per heavy atom. The Hall–Kier alpha value is -0.800. The molecule has 1 N–H and O–H groups in total. The Kier molecular flexibility index (Phi) is 6.11. The van der Waals surface area contributed by atoms with Crippen LogP contribution in [0.25, 0.3) is 0 Å². The summed E-state index contributed by atoms with van der Waals surface area (Å²) in [6.07, 6.45) is 5.03. The average Bonchev–Trinajstić information content (AvgIpc) is 3.25. The second-order valence-electron chi connectivity index (χ2n) is 5.66. The van der Waals surface area contributed by atoms with E-state index >= 15 is 0 Å². The Morgan fingerprint density at radius 1 is 1.30 bits per heavy atom. The monoisotopic (exact) mass is 295 g/mol. The molecule has 1 aromatic rings. The van der Waals surface area contributed by atoms with E-state index in [0.29, 0.717) is 0 Å². The van der Waals surface area contributed by atoms with Crippen LogP contribution in [0.4, 0.5) is 5.82 Å². The topological polar surface area (TPSA) is 28.2 Å². The molecule has 0 aromatic carbocycles. The summed E-state index contributed by atoms with van der Waals surface area (Å²) in [5, 5.41) is 4.14. The lowest BCUT2D eigenvalue weighted by atomic mass is 10.3. The van der Waals surface area contributed by atoms with E-state index in [9.17, 15) is 0 Å². The quantitative estimate of drug-likeness (QED) is 0.701. The van der Waals surface area contributed by atoms with Gasteiger partial charge in [-0.15, -0.1) is 0 Å². The van der Waals surface area contributed by atoms with E-state index in [4.69, 9.17) is 16.6 Å². The molecular weight excluding hydrogens is 270 g/mol. The first kappa shape index (κ1) is 15.6. The van der Waals surface area contributed by atoms with Crippen molar-refractivity contribution in [2.24, 2.45) is 5.92 Å². The molecule has 1 aromatic heterocycles. The van der Waals surface area contributed by atoms with Crippen LogP contribution in [0.2, 0.25) is 5.02 Å². The summed E-state index contributed by atoms with van der Waals surface area (Å²) in [5.74, 6) is 1.96. The van der Waals surface area contributed by atoms with Crippen molar-refractivity contribution in [3.05, 3.63) is 22.8 Å². The first-order chi connectivity index (χ1) is 9.74. The number of anilines is 1. The van der Waals surface area contributed by atoms with E-state index in [1.54, 1.807) is 0 Å². The first-order valence-corrected chi connectivity index (χ1v) is 8.23. The number of aromatic nitrogens is 1. The number of nitrogens with one attached hydrogen (secondary N) is 1. The second-order valence-corrected chi connectivity index (χ2v) is 6.07. The van der Waals surface area contributed by atoms with Crippen LogP contribution in [0.1, 0.15) is 45.2 Å². The maximum Gasteiger partial charge on any atom is 0.128 e. The van der Waals surface area contributed by atoms with Gasteiger partial charge in [0.1, 0.15) is 5.82 Å². The fraction of sp³-hybridized carbons (Fsp3) is 0.688. The molecule has 0 radical (unpaired) electrons. The second kappa shape index (κ2) is 7.84. The van der Waals surface area contributed by atoms with Gasteiger partial charge in [-0.05, 0) is 50.3 Å². The zero-order valence-electron chi connectivity index (χ0n) is 12.7. The lowest BCUT2D eigenvalue weighted by Gasteiger charge is -2.24. The van der Waals surface area contributed by atoms with Crippen molar-refractivity contribution in [3.8, 4) is 0 Å². The van der Waals surface area contributed by atoms with Crippen LogP contribution in [0, 0.1) is 5.92 Å². The zero-order chi connectivity index (χ0) is 14.4. The van der Waals surface area contributed by atoms with Gasteiger partial charge in [-0.1, -0.05) is 25.4 Å². The fourth-order valence-electron chi connectivity index (χ4n) is 2.34. The molecular formula is C16H26ClN3. The molecule has 0 amide bonds. The van der Waals surface area contributed by atoms with Crippen LogP contribution >= 0.6 is 11.6 Å². The third kappa shape index (κ3) is 4.64. The highest BCUT2D eigenvalue weighted by Crippen LogP contribution is 2.31. The summed E-state index contributed by atoms with van der Waals surface area (Å²) in [6, 6.07) is 4.05. The highest BCUT2D eigenvalue weighted by atomic mass is 35.5. The number of pyridine rings is 1. The van der Waals surface area contributed by atoms with Crippen molar-refractivity contribution in [3.63, 3.8) is 0 Å². The molecule has 1 aliphatic rings. The average molecular weight is 296 g/mol. The zero-order valence-corrected chi connectivity index (χ0v) is 13.4. The molecule has 4 heteroatoms. The number of halogens is 1. The first-order valence-electron chi connectivity index (χ1n) is 7.85. The van der Waals surface area contributed by atoms with Gasteiger partial charge in [0.15, 0.2) is 0 Å². The molecule has 1 heterocycles. The number of hydrogen-bond acceptors (Lipinski definition) is 3. The van der Waals surface area contributed by atoms with Gasteiger partial charge in [-0.25, -0.2) is 4.98 Å². The van der Waals surface area contributed by atoms with Crippen molar-refractivity contribution in [1.82, 2.24) is 10.3 Å². The minimum absolute atomic E-state index is 0.754. The van der Waals surface area contributed by atoms with E-state index in [-0.39, 0.29) is 0 Å². The van der Waals surface area contributed by atoms with Gasteiger partial charge in [0, 0.05) is 19.6 Å². The third-order valence-electron chi connectivity index (χ3n) is 3.62. The molecule has 112 valence electrons. The Bertz CT molecular complexity index is 418. The van der Waals surface area contributed by atoms with Gasteiger partial charge >= 0.3 is 0 Å². The number of nitrogens with zero attached hydrogens (tertiary/aromatic N) is 2. The molecule has 1 fully saturated rings. The predicted octanol–water partition coefficient (Wildman–Crippen LogP) is 3.86. The van der Waals surface area contributed by atoms with Gasteiger partial charge in [-0.2, -0.15) is 0 Å². The standard InChI is InChI=1S/C16H26ClN3/c1-3-9-18-11-15-14(17)7-8-16(19-15)20(10-4-2)12-13-5-6-13/h7-8,13,18H,3-6,9-12H2,1-2H3. The minimum Gasteiger partial charge on any atom is -0.356 e. The summed E-state index contributed by atoms with van der Waals surface area (Å²) < 4.78 is 0. The molecule has 0 aliphatic heterocycles. The molecule has 0 unspecified atom stereocenters. The van der Waals surface area contributed by atoms with E-state index < -0.39 is 0 Å². The molecule has 2 rings (SSSR count). The van der Waals surface area contributed by atoms with Crippen LogP contribution in [0.3, 0.4) is 0 Å². The smallest absolute Gasteiger partial charge is 0.128 e. The highest BCUT2D eigenvalue weighted by molar-refractivity contribution is 6.31. The molecule has 0 spiro atoms. The normalized spacial score (nSPS) is 14.6. The van der Waals surface area contributed by atoms with E-state index in [0.717, 1.165) is 61.5 Å². The SMILES string of the molecule is CCCNCc1nc(N(CCC)CC2CC2)ccc1Cl. The van der Waals surface area contributed by atoms with E-state index in [1.807, 2.05) is 6.07 Å². The van der Waals surface area contributed by atoms with Crippen LogP contribution in [-0.4, -0.2) is 24.6 Å². The molecule has 0 bridgehead atoms. The summed E-state index contributed by atoms with van der Waals surface area (Å²) in [4.78, 5) is 7.19. The molecule has 20 heavy (non-hydrogen) atoms. The summed E-state index contributed by atoms with van der Waals surface area (Å²) in [5.41, 5.74) is 0.967. The number of hydrogen-bond donors (Lipinski definition) is 1. The van der Waals surface area contributed by atoms with Crippen LogP contribution in [0.5, 0.6) is 0 Å². The molecule has 3 nitrogen and oxygen atoms in total. The number of rotatable bonds is 9. The van der Waals surface area contributed by atoms with Gasteiger partial charge in [0.2, 0.25) is 0 Å². The lowest BCUT2D eigenvalue weighted by molar-refractivity contribution is 0.658. The van der Waals surface area contributed by atoms with E-state index in [1.165, 1.54) is 12.8 Å². The van der Waals surface area contributed by atoms with Gasteiger partial charge in [0.25, 0.3) is 0 Å². The third-order valence-corrected chi connectivity index (χ3v) is 3.96. The Balaban J connectivity index is 2.05. The lowest BCUT2D eigenvalue weighted by Crippen LogP contribution is -2.28. The van der Waals surface area contributed by atoms with Gasteiger partial charge in [0.05, 0.1) is 10.7 Å². The van der Waals surface area contributed by atoms with Crippen molar-refractivity contribution < 1.29 is 0 Å². The molecule has 0 saturated heterocycles. The molecule has 1 aliphatic carbocycles. The highest BCUT2D eigenvalue weighted by Gasteiger charge is 2.24. The van der Waals surface area contributed by atoms with Crippen LogP contribution in [-0.2, 0) is 6.54 Å². The summed E-state index contributed by atoms with van der Waals surface area (Å²) in [7, 11) is 0.